The predicted octanol–water partition coefficient (Wildman–Crippen LogP) is 3.11. The first-order chi connectivity index (χ1) is 10.6. The lowest BCUT2D eigenvalue weighted by molar-refractivity contribution is 0.0702. The van der Waals surface area contributed by atoms with E-state index in [1.54, 1.807) is 12.3 Å². The highest BCUT2D eigenvalue weighted by molar-refractivity contribution is 5.95. The molecule has 1 saturated heterocycles. The average Bonchev–Trinajstić information content (AvgIpc) is 3.15. The minimum Gasteiger partial charge on any atom is -0.469 e. The van der Waals surface area contributed by atoms with E-state index in [1.165, 1.54) is 0 Å². The number of nitrogens with zero attached hydrogens (tertiary/aromatic N) is 3. The number of carbonyl (C=O) groups excluding carboxylic acids is 1. The van der Waals surface area contributed by atoms with Crippen LogP contribution >= 0.6 is 0 Å². The van der Waals surface area contributed by atoms with Crippen LogP contribution in [0.3, 0.4) is 0 Å². The van der Waals surface area contributed by atoms with Crippen LogP contribution in [0, 0.1) is 6.92 Å². The minimum atomic E-state index is 0.0172. The Bertz CT molecular complexity index is 659. The van der Waals surface area contributed by atoms with E-state index in [9.17, 15) is 4.79 Å². The molecule has 3 rings (SSSR count). The molecule has 0 aromatic carbocycles. The molecule has 0 N–H and O–H groups in total. The van der Waals surface area contributed by atoms with Crippen molar-refractivity contribution in [1.29, 1.82) is 0 Å². The van der Waals surface area contributed by atoms with Crippen LogP contribution in [0.5, 0.6) is 0 Å². The van der Waals surface area contributed by atoms with Crippen LogP contribution in [0.15, 0.2) is 21.3 Å². The van der Waals surface area contributed by atoms with Gasteiger partial charge in [0.05, 0.1) is 11.8 Å². The van der Waals surface area contributed by atoms with E-state index in [0.29, 0.717) is 29.6 Å². The molecule has 118 valence electrons. The number of carbonyl (C=O) groups is 1. The fourth-order valence-electron chi connectivity index (χ4n) is 2.80. The molecule has 0 spiro atoms. The number of amides is 1. The molecule has 1 fully saturated rings. The van der Waals surface area contributed by atoms with Gasteiger partial charge in [-0.2, -0.15) is 4.98 Å². The summed E-state index contributed by atoms with van der Waals surface area (Å²) >= 11 is 0. The molecular weight excluding hydrogens is 282 g/mol. The van der Waals surface area contributed by atoms with Crippen molar-refractivity contribution in [1.82, 2.24) is 15.0 Å². The zero-order chi connectivity index (χ0) is 15.7. The van der Waals surface area contributed by atoms with E-state index >= 15 is 0 Å². The van der Waals surface area contributed by atoms with Crippen LogP contribution in [0.4, 0.5) is 0 Å². The molecule has 0 saturated carbocycles. The molecule has 1 amide bonds. The van der Waals surface area contributed by atoms with E-state index in [2.05, 4.69) is 10.1 Å². The number of likely N-dealkylation sites (tertiary alicyclic amines) is 1. The first-order valence-corrected chi connectivity index (χ1v) is 7.73. The molecule has 6 nitrogen and oxygen atoms in total. The van der Waals surface area contributed by atoms with Crippen molar-refractivity contribution in [3.63, 3.8) is 0 Å². The second-order valence-corrected chi connectivity index (χ2v) is 6.13. The molecule has 1 aliphatic heterocycles. The normalized spacial score (nSPS) is 18.9. The maximum Gasteiger partial charge on any atom is 0.257 e. The van der Waals surface area contributed by atoms with Gasteiger partial charge in [0.15, 0.2) is 5.82 Å². The Morgan fingerprint density at radius 3 is 2.91 bits per heavy atom. The van der Waals surface area contributed by atoms with Crippen LogP contribution in [-0.4, -0.2) is 34.0 Å². The van der Waals surface area contributed by atoms with Gasteiger partial charge in [-0.1, -0.05) is 19.0 Å². The van der Waals surface area contributed by atoms with E-state index in [0.717, 1.165) is 19.4 Å². The number of piperidine rings is 1. The summed E-state index contributed by atoms with van der Waals surface area (Å²) in [5.74, 6) is 2.41. The number of aromatic nitrogens is 2. The lowest BCUT2D eigenvalue weighted by atomic mass is 9.96. The van der Waals surface area contributed by atoms with Gasteiger partial charge in [0.25, 0.3) is 5.91 Å². The van der Waals surface area contributed by atoms with Gasteiger partial charge >= 0.3 is 0 Å². The topological polar surface area (TPSA) is 72.4 Å². The molecule has 3 heterocycles. The Kier molecular flexibility index (Phi) is 4.00. The van der Waals surface area contributed by atoms with Gasteiger partial charge < -0.3 is 13.8 Å². The van der Waals surface area contributed by atoms with Crippen LogP contribution in [0.25, 0.3) is 0 Å². The van der Waals surface area contributed by atoms with Gasteiger partial charge in [-0.3, -0.25) is 4.79 Å². The lowest BCUT2D eigenvalue weighted by Gasteiger charge is -2.31. The highest BCUT2D eigenvalue weighted by Crippen LogP contribution is 2.27. The van der Waals surface area contributed by atoms with Crippen molar-refractivity contribution in [3.8, 4) is 0 Å². The molecule has 2 aromatic heterocycles. The highest BCUT2D eigenvalue weighted by Gasteiger charge is 2.29. The molecule has 6 heteroatoms. The first-order valence-electron chi connectivity index (χ1n) is 7.73. The Morgan fingerprint density at radius 2 is 2.27 bits per heavy atom. The summed E-state index contributed by atoms with van der Waals surface area (Å²) in [7, 11) is 0. The highest BCUT2D eigenvalue weighted by atomic mass is 16.5. The van der Waals surface area contributed by atoms with Crippen LogP contribution in [-0.2, 0) is 0 Å². The summed E-state index contributed by atoms with van der Waals surface area (Å²) in [6, 6.07) is 1.73. The maximum absolute atomic E-state index is 12.6. The minimum absolute atomic E-state index is 0.0172. The average molecular weight is 303 g/mol. The summed E-state index contributed by atoms with van der Waals surface area (Å²) in [6.45, 7) is 7.24. The van der Waals surface area contributed by atoms with E-state index < -0.39 is 0 Å². The van der Waals surface area contributed by atoms with Crippen LogP contribution in [0.2, 0.25) is 0 Å². The SMILES string of the molecule is Cc1occc1C(=O)N1CCC[C@H](c2noc(C(C)C)n2)C1. The third-order valence-corrected chi connectivity index (χ3v) is 4.11. The van der Waals surface area contributed by atoms with Crippen molar-refractivity contribution in [2.24, 2.45) is 0 Å². The summed E-state index contributed by atoms with van der Waals surface area (Å²) < 4.78 is 10.5. The second-order valence-electron chi connectivity index (χ2n) is 6.13. The largest absolute Gasteiger partial charge is 0.469 e. The lowest BCUT2D eigenvalue weighted by Crippen LogP contribution is -2.39. The van der Waals surface area contributed by atoms with Crippen molar-refractivity contribution < 1.29 is 13.7 Å². The Balaban J connectivity index is 1.73. The second kappa shape index (κ2) is 5.94. The number of hydrogen-bond acceptors (Lipinski definition) is 5. The Hall–Kier alpha value is -2.11. The van der Waals surface area contributed by atoms with Crippen LogP contribution in [0.1, 0.15) is 66.4 Å². The molecular formula is C16H21N3O3. The van der Waals surface area contributed by atoms with Crippen molar-refractivity contribution in [2.45, 2.75) is 45.4 Å². The summed E-state index contributed by atoms with van der Waals surface area (Å²) in [6.07, 6.45) is 3.47. The van der Waals surface area contributed by atoms with Crippen molar-refractivity contribution in [3.05, 3.63) is 35.4 Å². The molecule has 1 atom stereocenters. The first kappa shape index (κ1) is 14.8. The third kappa shape index (κ3) is 2.77. The zero-order valence-corrected chi connectivity index (χ0v) is 13.2. The molecule has 0 aliphatic carbocycles. The van der Waals surface area contributed by atoms with Crippen LogP contribution < -0.4 is 0 Å². The fraction of sp³-hybridized carbons (Fsp3) is 0.562. The molecule has 0 radical (unpaired) electrons. The van der Waals surface area contributed by atoms with Gasteiger partial charge in [-0.05, 0) is 25.8 Å². The summed E-state index contributed by atoms with van der Waals surface area (Å²) in [5, 5.41) is 4.09. The molecule has 22 heavy (non-hydrogen) atoms. The smallest absolute Gasteiger partial charge is 0.257 e. The van der Waals surface area contributed by atoms with E-state index in [1.807, 2.05) is 25.7 Å². The van der Waals surface area contributed by atoms with Crippen molar-refractivity contribution in [2.75, 3.05) is 13.1 Å². The summed E-state index contributed by atoms with van der Waals surface area (Å²) in [5.41, 5.74) is 0.636. The number of furan rings is 1. The van der Waals surface area contributed by atoms with Gasteiger partial charge in [-0.15, -0.1) is 0 Å². The van der Waals surface area contributed by atoms with E-state index in [-0.39, 0.29) is 17.7 Å². The number of hydrogen-bond donors (Lipinski definition) is 0. The Morgan fingerprint density at radius 1 is 1.45 bits per heavy atom. The summed E-state index contributed by atoms with van der Waals surface area (Å²) in [4.78, 5) is 18.9. The third-order valence-electron chi connectivity index (χ3n) is 4.11. The predicted molar refractivity (Wildman–Crippen MR) is 79.7 cm³/mol. The van der Waals surface area contributed by atoms with Gasteiger partial charge in [0, 0.05) is 24.9 Å². The van der Waals surface area contributed by atoms with Gasteiger partial charge in [0.1, 0.15) is 5.76 Å². The molecule has 2 aromatic rings. The fourth-order valence-corrected chi connectivity index (χ4v) is 2.80. The monoisotopic (exact) mass is 303 g/mol. The zero-order valence-electron chi connectivity index (χ0n) is 13.2. The Labute approximate surface area is 129 Å². The maximum atomic E-state index is 12.6. The van der Waals surface area contributed by atoms with Crippen molar-refractivity contribution >= 4 is 5.91 Å². The van der Waals surface area contributed by atoms with E-state index in [4.69, 9.17) is 8.94 Å². The number of rotatable bonds is 3. The number of aryl methyl sites for hydroxylation is 1. The standard InChI is InChI=1S/C16H21N3O3/c1-10(2)15-17-14(18-22-15)12-5-4-7-19(9-12)16(20)13-6-8-21-11(13)3/h6,8,10,12H,4-5,7,9H2,1-3H3/t12-/m0/s1. The molecule has 0 unspecified atom stereocenters. The molecule has 1 aliphatic rings. The molecule has 0 bridgehead atoms. The van der Waals surface area contributed by atoms with Gasteiger partial charge in [-0.25, -0.2) is 0 Å². The quantitative estimate of drug-likeness (QED) is 0.871. The van der Waals surface area contributed by atoms with Gasteiger partial charge in [0.2, 0.25) is 5.89 Å².